The Labute approximate surface area is 175 Å². The monoisotopic (exact) mass is 414 g/mol. The Morgan fingerprint density at radius 1 is 1.37 bits per heavy atom. The third-order valence-electron chi connectivity index (χ3n) is 6.13. The number of ketones is 1. The molecule has 0 bridgehead atoms. The van der Waals surface area contributed by atoms with E-state index in [1.54, 1.807) is 20.8 Å². The number of allylic oxidation sites excluding steroid dienone is 2. The van der Waals surface area contributed by atoms with Crippen LogP contribution in [-0.2, 0) is 4.79 Å². The molecule has 3 nitrogen and oxygen atoms in total. The summed E-state index contributed by atoms with van der Waals surface area (Å²) >= 11 is 0. The molecule has 1 fully saturated rings. The average molecular weight is 414 g/mol. The molecule has 0 saturated heterocycles. The third-order valence-corrected chi connectivity index (χ3v) is 6.13. The summed E-state index contributed by atoms with van der Waals surface area (Å²) in [7, 11) is 0. The maximum Gasteiger partial charge on any atom is 0.254 e. The second-order valence-corrected chi connectivity index (χ2v) is 7.69. The first-order chi connectivity index (χ1) is 14.1. The molecule has 1 aromatic rings. The third kappa shape index (κ3) is 4.49. The van der Waals surface area contributed by atoms with Crippen LogP contribution in [0.15, 0.2) is 29.3 Å². The molecule has 0 radical (unpaired) electrons. The van der Waals surface area contributed by atoms with Crippen LogP contribution >= 0.6 is 0 Å². The number of aryl methyl sites for hydroxylation is 1. The predicted molar refractivity (Wildman–Crippen MR) is 111 cm³/mol. The minimum Gasteiger partial charge on any atom is -0.299 e. The molecule has 1 saturated carbocycles. The zero-order valence-corrected chi connectivity index (χ0v) is 17.4. The fraction of sp³-hybridized carbons (Fsp3) is 0.458. The number of terminal acetylenes is 1. The first kappa shape index (κ1) is 23.4. The molecule has 0 N–H and O–H groups in total. The lowest BCUT2D eigenvalue weighted by atomic mass is 9.53. The average Bonchev–Trinajstić information content (AvgIpc) is 2.69. The molecule has 0 aromatic heterocycles. The van der Waals surface area contributed by atoms with Gasteiger partial charge in [0.1, 0.15) is 23.0 Å². The first-order valence-electron chi connectivity index (χ1n) is 9.95. The van der Waals surface area contributed by atoms with Crippen molar-refractivity contribution < 1.29 is 18.0 Å². The number of nitrogens with zero attached hydrogens (tertiary/aromatic N) is 2. The molecular formula is C24H25F3N2O. The molecule has 2 rings (SSSR count). The van der Waals surface area contributed by atoms with Crippen LogP contribution in [0.25, 0.3) is 0 Å². The fourth-order valence-electron chi connectivity index (χ4n) is 4.33. The standard InChI is InChI=1S/C24H25F3N2O/c1-5-19(29-22-16(4)11-17(15-28)12-21(22)25)9-8-10-20(30)13-18-14-24(26,27)23(18,6-2)7-3/h1,8-9,11-12,18H,6-7,10,13-14H2,2-4H3/b9-8+,29-19?. The quantitative estimate of drug-likeness (QED) is 0.382. The Bertz CT molecular complexity index is 937. The van der Waals surface area contributed by atoms with Crippen molar-refractivity contribution in [3.8, 4) is 18.4 Å². The normalized spacial score (nSPS) is 19.7. The lowest BCUT2D eigenvalue weighted by Crippen LogP contribution is -2.58. The van der Waals surface area contributed by atoms with Gasteiger partial charge in [-0.3, -0.25) is 4.79 Å². The number of carbonyl (C=O) groups excluding carboxylic acids is 1. The molecule has 0 heterocycles. The summed E-state index contributed by atoms with van der Waals surface area (Å²) in [5.41, 5.74) is -0.289. The molecule has 1 aromatic carbocycles. The maximum atomic E-state index is 14.2. The number of benzene rings is 1. The molecule has 6 heteroatoms. The van der Waals surface area contributed by atoms with Crippen LogP contribution in [-0.4, -0.2) is 17.4 Å². The number of hydrogen-bond donors (Lipinski definition) is 0. The van der Waals surface area contributed by atoms with Crippen LogP contribution in [0.5, 0.6) is 0 Å². The van der Waals surface area contributed by atoms with E-state index >= 15 is 0 Å². The minimum absolute atomic E-state index is 0.0327. The van der Waals surface area contributed by atoms with Crippen LogP contribution in [0.1, 0.15) is 57.1 Å². The Morgan fingerprint density at radius 2 is 2.03 bits per heavy atom. The van der Waals surface area contributed by atoms with Gasteiger partial charge in [0, 0.05) is 24.7 Å². The smallest absolute Gasteiger partial charge is 0.254 e. The Kier molecular flexibility index (Phi) is 7.26. The van der Waals surface area contributed by atoms with Gasteiger partial charge < -0.3 is 0 Å². The highest BCUT2D eigenvalue weighted by atomic mass is 19.3. The van der Waals surface area contributed by atoms with E-state index in [1.165, 1.54) is 18.2 Å². The van der Waals surface area contributed by atoms with Crippen molar-refractivity contribution in [3.05, 3.63) is 41.2 Å². The van der Waals surface area contributed by atoms with Crippen molar-refractivity contribution in [2.75, 3.05) is 0 Å². The van der Waals surface area contributed by atoms with Gasteiger partial charge in [0.2, 0.25) is 0 Å². The summed E-state index contributed by atoms with van der Waals surface area (Å²) in [5, 5.41) is 8.88. The molecule has 1 unspecified atom stereocenters. The van der Waals surface area contributed by atoms with Crippen LogP contribution in [0, 0.1) is 47.7 Å². The molecule has 30 heavy (non-hydrogen) atoms. The van der Waals surface area contributed by atoms with Crippen molar-refractivity contribution in [2.24, 2.45) is 16.3 Å². The van der Waals surface area contributed by atoms with E-state index in [1.807, 2.05) is 6.07 Å². The van der Waals surface area contributed by atoms with Gasteiger partial charge in [0.05, 0.1) is 11.6 Å². The van der Waals surface area contributed by atoms with Crippen LogP contribution in [0.4, 0.5) is 18.9 Å². The van der Waals surface area contributed by atoms with Crippen molar-refractivity contribution in [3.63, 3.8) is 0 Å². The molecule has 158 valence electrons. The summed E-state index contributed by atoms with van der Waals surface area (Å²) in [6.07, 6.45) is 8.97. The molecule has 0 spiro atoms. The Hall–Kier alpha value is -2.86. The number of alkyl halides is 2. The number of halogens is 3. The van der Waals surface area contributed by atoms with E-state index in [4.69, 9.17) is 11.7 Å². The van der Waals surface area contributed by atoms with Crippen molar-refractivity contribution in [2.45, 2.75) is 58.8 Å². The number of Topliss-reactive ketones (excluding diaryl/α,β-unsaturated/α-hetero) is 1. The van der Waals surface area contributed by atoms with Gasteiger partial charge in [0.25, 0.3) is 5.92 Å². The Balaban J connectivity index is 2.06. The largest absolute Gasteiger partial charge is 0.299 e. The van der Waals surface area contributed by atoms with Gasteiger partial charge in [-0.25, -0.2) is 18.2 Å². The topological polar surface area (TPSA) is 53.2 Å². The lowest BCUT2D eigenvalue weighted by Gasteiger charge is -2.55. The van der Waals surface area contributed by atoms with E-state index in [9.17, 15) is 18.0 Å². The first-order valence-corrected chi connectivity index (χ1v) is 9.95. The SMILES string of the molecule is C#CC(/C=C/CC(=O)CC1CC(F)(F)C1(CC)CC)=Nc1c(C)cc(C#N)cc1F. The fourth-order valence-corrected chi connectivity index (χ4v) is 4.33. The number of carbonyl (C=O) groups is 1. The second-order valence-electron chi connectivity index (χ2n) is 7.69. The van der Waals surface area contributed by atoms with E-state index in [-0.39, 0.29) is 47.9 Å². The summed E-state index contributed by atoms with van der Waals surface area (Å²) in [5.74, 6) is -1.51. The zero-order valence-electron chi connectivity index (χ0n) is 17.4. The van der Waals surface area contributed by atoms with E-state index < -0.39 is 17.2 Å². The van der Waals surface area contributed by atoms with Crippen LogP contribution in [0.3, 0.4) is 0 Å². The van der Waals surface area contributed by atoms with Gasteiger partial charge in [-0.05, 0) is 49.5 Å². The summed E-state index contributed by atoms with van der Waals surface area (Å²) < 4.78 is 42.3. The second kappa shape index (κ2) is 9.30. The molecule has 1 aliphatic rings. The zero-order chi connectivity index (χ0) is 22.5. The highest BCUT2D eigenvalue weighted by molar-refractivity contribution is 6.09. The predicted octanol–water partition coefficient (Wildman–Crippen LogP) is 6.08. The number of hydrogen-bond acceptors (Lipinski definition) is 3. The van der Waals surface area contributed by atoms with Crippen molar-refractivity contribution in [1.82, 2.24) is 0 Å². The van der Waals surface area contributed by atoms with E-state index in [0.29, 0.717) is 18.4 Å². The van der Waals surface area contributed by atoms with Gasteiger partial charge in [-0.1, -0.05) is 25.8 Å². The highest BCUT2D eigenvalue weighted by Gasteiger charge is 2.65. The molecule has 1 atom stereocenters. The van der Waals surface area contributed by atoms with Crippen molar-refractivity contribution in [1.29, 1.82) is 5.26 Å². The van der Waals surface area contributed by atoms with Crippen LogP contribution in [0.2, 0.25) is 0 Å². The van der Waals surface area contributed by atoms with E-state index in [0.717, 1.165) is 6.07 Å². The van der Waals surface area contributed by atoms with Gasteiger partial charge >= 0.3 is 0 Å². The minimum atomic E-state index is -2.72. The molecular weight excluding hydrogens is 389 g/mol. The summed E-state index contributed by atoms with van der Waals surface area (Å²) in [4.78, 5) is 16.4. The van der Waals surface area contributed by atoms with Gasteiger partial charge in [0.15, 0.2) is 0 Å². The number of rotatable bonds is 8. The highest BCUT2D eigenvalue weighted by Crippen LogP contribution is 2.63. The molecule has 1 aliphatic carbocycles. The maximum absolute atomic E-state index is 14.2. The van der Waals surface area contributed by atoms with Crippen LogP contribution < -0.4 is 0 Å². The molecule has 0 amide bonds. The lowest BCUT2D eigenvalue weighted by molar-refractivity contribution is -0.248. The van der Waals surface area contributed by atoms with Gasteiger partial charge in [-0.2, -0.15) is 5.26 Å². The summed E-state index contributed by atoms with van der Waals surface area (Å²) in [6.45, 7) is 5.11. The molecule has 0 aliphatic heterocycles. The summed E-state index contributed by atoms with van der Waals surface area (Å²) in [6, 6.07) is 4.45. The number of aliphatic imine (C=N–C) groups is 1. The van der Waals surface area contributed by atoms with Gasteiger partial charge in [-0.15, -0.1) is 6.42 Å². The number of nitriles is 1. The Morgan fingerprint density at radius 3 is 2.53 bits per heavy atom. The van der Waals surface area contributed by atoms with Crippen molar-refractivity contribution >= 4 is 17.2 Å². The van der Waals surface area contributed by atoms with E-state index in [2.05, 4.69) is 10.9 Å².